The molecule has 0 radical (unpaired) electrons. The van der Waals surface area contributed by atoms with Crippen LogP contribution in [0.25, 0.3) is 0 Å². The van der Waals surface area contributed by atoms with E-state index in [0.717, 1.165) is 24.9 Å². The zero-order valence-electron chi connectivity index (χ0n) is 13.0. The lowest BCUT2D eigenvalue weighted by Gasteiger charge is -2.38. The summed E-state index contributed by atoms with van der Waals surface area (Å²) < 4.78 is 0. The van der Waals surface area contributed by atoms with Gasteiger partial charge in [-0.3, -0.25) is 0 Å². The van der Waals surface area contributed by atoms with Crippen molar-refractivity contribution in [3.8, 4) is 0 Å². The number of rotatable bonds is 4. The third-order valence-corrected chi connectivity index (χ3v) is 5.41. The van der Waals surface area contributed by atoms with Gasteiger partial charge >= 0.3 is 0 Å². The zero-order valence-corrected chi connectivity index (χ0v) is 13.0. The minimum absolute atomic E-state index is 0.0384. The van der Waals surface area contributed by atoms with Crippen LogP contribution in [0.5, 0.6) is 0 Å². The average Bonchev–Trinajstić information content (AvgIpc) is 2.59. The largest absolute Gasteiger partial charge is 0.393 e. The predicted octanol–water partition coefficient (Wildman–Crippen LogP) is 3.83. The lowest BCUT2D eigenvalue weighted by molar-refractivity contribution is 0.0192. The van der Waals surface area contributed by atoms with Crippen molar-refractivity contribution in [1.82, 2.24) is 4.90 Å². The topological polar surface area (TPSA) is 23.5 Å². The summed E-state index contributed by atoms with van der Waals surface area (Å²) in [6.07, 6.45) is 11.7. The van der Waals surface area contributed by atoms with Crippen molar-refractivity contribution >= 4 is 0 Å². The molecule has 0 amide bonds. The summed E-state index contributed by atoms with van der Waals surface area (Å²) in [5.41, 5.74) is 0. The highest BCUT2D eigenvalue weighted by Gasteiger charge is 2.31. The molecule has 1 saturated carbocycles. The normalized spacial score (nSPS) is 38.1. The van der Waals surface area contributed by atoms with Crippen LogP contribution < -0.4 is 0 Å². The maximum atomic E-state index is 10.3. The van der Waals surface area contributed by atoms with Crippen LogP contribution in [0, 0.1) is 11.8 Å². The Kier molecular flexibility index (Phi) is 6.15. The van der Waals surface area contributed by atoms with Crippen molar-refractivity contribution < 1.29 is 5.11 Å². The molecule has 4 unspecified atom stereocenters. The summed E-state index contributed by atoms with van der Waals surface area (Å²) in [7, 11) is 0. The SMILES string of the molecule is CCCC1CCC(O)C(CN2CCCCCC2C)C1. The van der Waals surface area contributed by atoms with Crippen molar-refractivity contribution in [1.29, 1.82) is 0 Å². The Morgan fingerprint density at radius 1 is 1.11 bits per heavy atom. The Hall–Kier alpha value is -0.0800. The maximum Gasteiger partial charge on any atom is 0.0580 e. The van der Waals surface area contributed by atoms with Crippen LogP contribution in [0.4, 0.5) is 0 Å². The standard InChI is InChI=1S/C17H33NO/c1-3-7-15-9-10-17(19)16(12-15)13-18-11-6-4-5-8-14(18)2/h14-17,19H,3-13H2,1-2H3. The summed E-state index contributed by atoms with van der Waals surface area (Å²) >= 11 is 0. The molecule has 0 aromatic carbocycles. The second kappa shape index (κ2) is 7.64. The van der Waals surface area contributed by atoms with Crippen LogP contribution in [0.3, 0.4) is 0 Å². The van der Waals surface area contributed by atoms with Crippen molar-refractivity contribution in [2.45, 2.75) is 83.8 Å². The van der Waals surface area contributed by atoms with E-state index in [1.807, 2.05) is 0 Å². The monoisotopic (exact) mass is 267 g/mol. The van der Waals surface area contributed by atoms with Crippen LogP contribution in [0.15, 0.2) is 0 Å². The Bertz CT molecular complexity index is 256. The first-order valence-corrected chi connectivity index (χ1v) is 8.62. The zero-order chi connectivity index (χ0) is 13.7. The van der Waals surface area contributed by atoms with Gasteiger partial charge < -0.3 is 10.0 Å². The molecule has 4 atom stereocenters. The van der Waals surface area contributed by atoms with Crippen LogP contribution in [-0.4, -0.2) is 35.2 Å². The third-order valence-electron chi connectivity index (χ3n) is 5.41. The molecule has 2 rings (SSSR count). The van der Waals surface area contributed by atoms with E-state index >= 15 is 0 Å². The molecule has 2 aliphatic rings. The first-order valence-electron chi connectivity index (χ1n) is 8.62. The molecule has 1 heterocycles. The number of aliphatic hydroxyl groups excluding tert-OH is 1. The van der Waals surface area contributed by atoms with Crippen LogP contribution >= 0.6 is 0 Å². The van der Waals surface area contributed by atoms with Gasteiger partial charge in [0, 0.05) is 12.6 Å². The van der Waals surface area contributed by atoms with Crippen LogP contribution in [-0.2, 0) is 0 Å². The van der Waals surface area contributed by atoms with Crippen LogP contribution in [0.2, 0.25) is 0 Å². The quantitative estimate of drug-likeness (QED) is 0.837. The van der Waals surface area contributed by atoms with Crippen molar-refractivity contribution in [3.63, 3.8) is 0 Å². The Morgan fingerprint density at radius 2 is 1.95 bits per heavy atom. The molecule has 1 aliphatic heterocycles. The van der Waals surface area contributed by atoms with E-state index in [9.17, 15) is 5.11 Å². The first-order chi connectivity index (χ1) is 9.20. The summed E-state index contributed by atoms with van der Waals surface area (Å²) in [6.45, 7) is 7.06. The summed E-state index contributed by atoms with van der Waals surface area (Å²) in [5.74, 6) is 1.41. The predicted molar refractivity (Wildman–Crippen MR) is 81.2 cm³/mol. The molecule has 2 heteroatoms. The number of hydrogen-bond acceptors (Lipinski definition) is 2. The summed E-state index contributed by atoms with van der Waals surface area (Å²) in [6, 6.07) is 0.723. The summed E-state index contributed by atoms with van der Waals surface area (Å²) in [5, 5.41) is 10.3. The number of hydrogen-bond donors (Lipinski definition) is 1. The Balaban J connectivity index is 1.87. The fraction of sp³-hybridized carbons (Fsp3) is 1.00. The fourth-order valence-electron chi connectivity index (χ4n) is 4.12. The molecule has 0 bridgehead atoms. The van der Waals surface area contributed by atoms with Crippen LogP contribution in [0.1, 0.15) is 71.6 Å². The van der Waals surface area contributed by atoms with Gasteiger partial charge in [-0.1, -0.05) is 32.6 Å². The van der Waals surface area contributed by atoms with Gasteiger partial charge in [-0.15, -0.1) is 0 Å². The summed E-state index contributed by atoms with van der Waals surface area (Å²) in [4.78, 5) is 2.66. The second-order valence-electron chi connectivity index (χ2n) is 6.99. The Labute approximate surface area is 119 Å². The highest BCUT2D eigenvalue weighted by molar-refractivity contribution is 4.84. The maximum absolute atomic E-state index is 10.3. The number of aliphatic hydroxyl groups is 1. The number of likely N-dealkylation sites (tertiary alicyclic amines) is 1. The molecule has 0 spiro atoms. The molecule has 1 aliphatic carbocycles. The smallest absolute Gasteiger partial charge is 0.0580 e. The van der Waals surface area contributed by atoms with Gasteiger partial charge in [-0.25, -0.2) is 0 Å². The van der Waals surface area contributed by atoms with Crippen molar-refractivity contribution in [3.05, 3.63) is 0 Å². The fourth-order valence-corrected chi connectivity index (χ4v) is 4.12. The molecule has 0 aromatic rings. The minimum atomic E-state index is -0.0384. The first kappa shape index (κ1) is 15.3. The average molecular weight is 267 g/mol. The molecule has 2 nitrogen and oxygen atoms in total. The molecule has 1 N–H and O–H groups in total. The minimum Gasteiger partial charge on any atom is -0.393 e. The van der Waals surface area contributed by atoms with E-state index in [1.54, 1.807) is 0 Å². The molecule has 19 heavy (non-hydrogen) atoms. The third kappa shape index (κ3) is 4.46. The molecular formula is C17H33NO. The number of nitrogens with zero attached hydrogens (tertiary/aromatic N) is 1. The van der Waals surface area contributed by atoms with Gasteiger partial charge in [0.15, 0.2) is 0 Å². The van der Waals surface area contributed by atoms with Gasteiger partial charge in [-0.2, -0.15) is 0 Å². The lowest BCUT2D eigenvalue weighted by atomic mass is 9.77. The highest BCUT2D eigenvalue weighted by Crippen LogP contribution is 2.33. The van der Waals surface area contributed by atoms with E-state index in [0.29, 0.717) is 5.92 Å². The molecular weight excluding hydrogens is 234 g/mol. The highest BCUT2D eigenvalue weighted by atomic mass is 16.3. The lowest BCUT2D eigenvalue weighted by Crippen LogP contribution is -2.42. The second-order valence-corrected chi connectivity index (χ2v) is 6.99. The van der Waals surface area contributed by atoms with Gasteiger partial charge in [0.05, 0.1) is 6.10 Å². The Morgan fingerprint density at radius 3 is 2.74 bits per heavy atom. The van der Waals surface area contributed by atoms with E-state index in [4.69, 9.17) is 0 Å². The van der Waals surface area contributed by atoms with E-state index in [2.05, 4.69) is 18.7 Å². The van der Waals surface area contributed by atoms with Crippen molar-refractivity contribution in [2.24, 2.45) is 11.8 Å². The van der Waals surface area contributed by atoms with Gasteiger partial charge in [0.1, 0.15) is 0 Å². The van der Waals surface area contributed by atoms with E-state index < -0.39 is 0 Å². The van der Waals surface area contributed by atoms with Crippen molar-refractivity contribution in [2.75, 3.05) is 13.1 Å². The van der Waals surface area contributed by atoms with Gasteiger partial charge in [0.25, 0.3) is 0 Å². The van der Waals surface area contributed by atoms with Gasteiger partial charge in [-0.05, 0) is 57.4 Å². The molecule has 2 fully saturated rings. The van der Waals surface area contributed by atoms with E-state index in [1.165, 1.54) is 57.9 Å². The molecule has 112 valence electrons. The molecule has 1 saturated heterocycles. The van der Waals surface area contributed by atoms with E-state index in [-0.39, 0.29) is 6.10 Å². The van der Waals surface area contributed by atoms with Gasteiger partial charge in [0.2, 0.25) is 0 Å². The molecule has 0 aromatic heterocycles.